The van der Waals surface area contributed by atoms with Gasteiger partial charge in [-0.3, -0.25) is 9.59 Å². The SMILES string of the molecule is Cc1noc(C)c1C(=O)N1CCCC(C)(C(=O)NC2CCCC2)C1. The zero-order valence-electron chi connectivity index (χ0n) is 14.9. The number of carbonyl (C=O) groups is 2. The fourth-order valence-corrected chi connectivity index (χ4v) is 3.97. The van der Waals surface area contributed by atoms with E-state index in [1.807, 2.05) is 6.92 Å². The summed E-state index contributed by atoms with van der Waals surface area (Å²) >= 11 is 0. The number of amides is 2. The molecule has 1 atom stereocenters. The van der Waals surface area contributed by atoms with Crippen LogP contribution in [0.5, 0.6) is 0 Å². The number of nitrogens with zero attached hydrogens (tertiary/aromatic N) is 2. The van der Waals surface area contributed by atoms with Gasteiger partial charge in [-0.1, -0.05) is 18.0 Å². The Hall–Kier alpha value is -1.85. The summed E-state index contributed by atoms with van der Waals surface area (Å²) in [5.74, 6) is 0.552. The molecule has 1 N–H and O–H groups in total. The standard InChI is InChI=1S/C18H27N3O3/c1-12-15(13(2)24-20-12)16(22)21-10-6-9-18(3,11-21)17(23)19-14-7-4-5-8-14/h14H,4-11H2,1-3H3,(H,19,23). The van der Waals surface area contributed by atoms with Gasteiger partial charge in [-0.05, 0) is 46.5 Å². The van der Waals surface area contributed by atoms with Crippen molar-refractivity contribution in [2.75, 3.05) is 13.1 Å². The summed E-state index contributed by atoms with van der Waals surface area (Å²) in [7, 11) is 0. The molecule has 2 fully saturated rings. The van der Waals surface area contributed by atoms with Crippen molar-refractivity contribution in [1.29, 1.82) is 0 Å². The van der Waals surface area contributed by atoms with Crippen molar-refractivity contribution < 1.29 is 14.1 Å². The third kappa shape index (κ3) is 3.19. The molecule has 1 aromatic heterocycles. The molecule has 0 aromatic carbocycles. The monoisotopic (exact) mass is 333 g/mol. The molecule has 1 aliphatic carbocycles. The molecule has 1 aliphatic heterocycles. The first kappa shape index (κ1) is 17.0. The minimum Gasteiger partial charge on any atom is -0.361 e. The molecule has 0 spiro atoms. The first-order chi connectivity index (χ1) is 11.4. The number of rotatable bonds is 3. The van der Waals surface area contributed by atoms with Crippen LogP contribution in [0, 0.1) is 19.3 Å². The van der Waals surface area contributed by atoms with Crippen molar-refractivity contribution in [3.63, 3.8) is 0 Å². The van der Waals surface area contributed by atoms with E-state index in [2.05, 4.69) is 10.5 Å². The lowest BCUT2D eigenvalue weighted by atomic mass is 9.80. The van der Waals surface area contributed by atoms with Crippen LogP contribution in [-0.4, -0.2) is 41.0 Å². The number of carbonyl (C=O) groups excluding carboxylic acids is 2. The first-order valence-electron chi connectivity index (χ1n) is 8.94. The largest absolute Gasteiger partial charge is 0.361 e. The summed E-state index contributed by atoms with van der Waals surface area (Å²) < 4.78 is 5.12. The van der Waals surface area contributed by atoms with Gasteiger partial charge in [-0.15, -0.1) is 0 Å². The Morgan fingerprint density at radius 3 is 2.58 bits per heavy atom. The molecule has 3 rings (SSSR count). The molecular weight excluding hydrogens is 306 g/mol. The molecule has 2 aliphatic rings. The van der Waals surface area contributed by atoms with Crippen LogP contribution in [0.2, 0.25) is 0 Å². The Bertz CT molecular complexity index is 614. The summed E-state index contributed by atoms with van der Waals surface area (Å²) in [6.45, 7) is 6.64. The van der Waals surface area contributed by atoms with Gasteiger partial charge in [0.1, 0.15) is 11.3 Å². The summed E-state index contributed by atoms with van der Waals surface area (Å²) in [6.07, 6.45) is 6.18. The van der Waals surface area contributed by atoms with E-state index in [-0.39, 0.29) is 11.8 Å². The molecule has 6 heteroatoms. The van der Waals surface area contributed by atoms with Gasteiger partial charge in [-0.25, -0.2) is 0 Å². The number of hydrogen-bond donors (Lipinski definition) is 1. The van der Waals surface area contributed by atoms with E-state index in [4.69, 9.17) is 4.52 Å². The minimum absolute atomic E-state index is 0.0779. The topological polar surface area (TPSA) is 75.4 Å². The minimum atomic E-state index is -0.518. The Labute approximate surface area is 142 Å². The average molecular weight is 333 g/mol. The highest BCUT2D eigenvalue weighted by Crippen LogP contribution is 2.32. The zero-order chi connectivity index (χ0) is 17.3. The Kier molecular flexibility index (Phi) is 4.65. The quantitative estimate of drug-likeness (QED) is 0.922. The summed E-state index contributed by atoms with van der Waals surface area (Å²) in [4.78, 5) is 27.4. The van der Waals surface area contributed by atoms with Crippen molar-refractivity contribution in [1.82, 2.24) is 15.4 Å². The van der Waals surface area contributed by atoms with Crippen LogP contribution in [0.1, 0.15) is 67.3 Å². The number of nitrogens with one attached hydrogen (secondary N) is 1. The van der Waals surface area contributed by atoms with E-state index in [0.717, 1.165) is 25.7 Å². The van der Waals surface area contributed by atoms with Crippen molar-refractivity contribution in [2.45, 2.75) is 65.3 Å². The summed E-state index contributed by atoms with van der Waals surface area (Å²) in [5.41, 5.74) is 0.630. The van der Waals surface area contributed by atoms with Crippen LogP contribution >= 0.6 is 0 Å². The maximum atomic E-state index is 12.9. The molecule has 1 saturated carbocycles. The van der Waals surface area contributed by atoms with Crippen molar-refractivity contribution in [3.05, 3.63) is 17.0 Å². The molecule has 1 unspecified atom stereocenters. The molecule has 132 valence electrons. The summed E-state index contributed by atoms with van der Waals surface area (Å²) in [5, 5.41) is 7.07. The lowest BCUT2D eigenvalue weighted by Crippen LogP contribution is -2.53. The lowest BCUT2D eigenvalue weighted by molar-refractivity contribution is -0.133. The highest BCUT2D eigenvalue weighted by Gasteiger charge is 2.41. The van der Waals surface area contributed by atoms with Crippen LogP contribution in [-0.2, 0) is 4.79 Å². The molecule has 0 bridgehead atoms. The van der Waals surface area contributed by atoms with Gasteiger partial charge in [-0.2, -0.15) is 0 Å². The Morgan fingerprint density at radius 2 is 1.96 bits per heavy atom. The van der Waals surface area contributed by atoms with Crippen LogP contribution in [0.4, 0.5) is 0 Å². The number of hydrogen-bond acceptors (Lipinski definition) is 4. The van der Waals surface area contributed by atoms with Crippen LogP contribution < -0.4 is 5.32 Å². The van der Waals surface area contributed by atoms with Gasteiger partial charge in [0.2, 0.25) is 5.91 Å². The van der Waals surface area contributed by atoms with E-state index in [1.54, 1.807) is 18.7 Å². The summed E-state index contributed by atoms with van der Waals surface area (Å²) in [6, 6.07) is 0.308. The molecular formula is C18H27N3O3. The van der Waals surface area contributed by atoms with Crippen molar-refractivity contribution in [3.8, 4) is 0 Å². The second-order valence-corrected chi connectivity index (χ2v) is 7.54. The van der Waals surface area contributed by atoms with E-state index < -0.39 is 5.41 Å². The molecule has 1 aromatic rings. The zero-order valence-corrected chi connectivity index (χ0v) is 14.9. The highest BCUT2D eigenvalue weighted by atomic mass is 16.5. The van der Waals surface area contributed by atoms with Gasteiger partial charge < -0.3 is 14.7 Å². The van der Waals surface area contributed by atoms with E-state index >= 15 is 0 Å². The smallest absolute Gasteiger partial charge is 0.259 e. The van der Waals surface area contributed by atoms with E-state index in [0.29, 0.717) is 36.1 Å². The molecule has 6 nitrogen and oxygen atoms in total. The second kappa shape index (κ2) is 6.57. The van der Waals surface area contributed by atoms with E-state index in [1.165, 1.54) is 12.8 Å². The van der Waals surface area contributed by atoms with Gasteiger partial charge in [0.25, 0.3) is 5.91 Å². The maximum Gasteiger partial charge on any atom is 0.259 e. The predicted molar refractivity (Wildman–Crippen MR) is 89.6 cm³/mol. The molecule has 24 heavy (non-hydrogen) atoms. The van der Waals surface area contributed by atoms with Crippen molar-refractivity contribution >= 4 is 11.8 Å². The maximum absolute atomic E-state index is 12.9. The third-order valence-corrected chi connectivity index (χ3v) is 5.47. The van der Waals surface area contributed by atoms with Gasteiger partial charge >= 0.3 is 0 Å². The van der Waals surface area contributed by atoms with Gasteiger partial charge in [0.15, 0.2) is 0 Å². The molecule has 0 radical (unpaired) electrons. The number of piperidine rings is 1. The number of aromatic nitrogens is 1. The highest BCUT2D eigenvalue weighted by molar-refractivity contribution is 5.96. The lowest BCUT2D eigenvalue weighted by Gasteiger charge is -2.39. The number of aryl methyl sites for hydroxylation is 2. The molecule has 2 heterocycles. The fourth-order valence-electron chi connectivity index (χ4n) is 3.97. The van der Waals surface area contributed by atoms with Crippen LogP contribution in [0.25, 0.3) is 0 Å². The van der Waals surface area contributed by atoms with Gasteiger partial charge in [0.05, 0.1) is 11.1 Å². The predicted octanol–water partition coefficient (Wildman–Crippen LogP) is 2.59. The van der Waals surface area contributed by atoms with Crippen LogP contribution in [0.15, 0.2) is 4.52 Å². The normalized spacial score (nSPS) is 25.0. The third-order valence-electron chi connectivity index (χ3n) is 5.47. The number of likely N-dealkylation sites (tertiary alicyclic amines) is 1. The molecule has 2 amide bonds. The average Bonchev–Trinajstić information content (AvgIpc) is 3.17. The Balaban J connectivity index is 1.71. The second-order valence-electron chi connectivity index (χ2n) is 7.54. The van der Waals surface area contributed by atoms with Crippen molar-refractivity contribution in [2.24, 2.45) is 5.41 Å². The van der Waals surface area contributed by atoms with Gasteiger partial charge in [0, 0.05) is 19.1 Å². The van der Waals surface area contributed by atoms with E-state index in [9.17, 15) is 9.59 Å². The Morgan fingerprint density at radius 1 is 1.25 bits per heavy atom. The molecule has 1 saturated heterocycles. The fraction of sp³-hybridized carbons (Fsp3) is 0.722. The van der Waals surface area contributed by atoms with Crippen LogP contribution in [0.3, 0.4) is 0 Å². The first-order valence-corrected chi connectivity index (χ1v) is 8.94.